The minimum absolute atomic E-state index is 0.0268. The number of hydrogen-bond donors (Lipinski definition) is 0. The van der Waals surface area contributed by atoms with Crippen molar-refractivity contribution in [3.05, 3.63) is 34.9 Å². The number of carbonyl (C=O) groups is 1. The SMILES string of the molecule is COCCCN(C(=O)Cc1ccc2c(c1)CCCC2)[C@@H]1CCS(=O)(=O)C1. The largest absolute Gasteiger partial charge is 0.385 e. The third-order valence-corrected chi connectivity index (χ3v) is 7.24. The number of carbonyl (C=O) groups excluding carboxylic acids is 1. The summed E-state index contributed by atoms with van der Waals surface area (Å²) in [6.07, 6.45) is 6.30. The third-order valence-electron chi connectivity index (χ3n) is 5.49. The zero-order valence-electron chi connectivity index (χ0n) is 15.6. The molecule has 0 bridgehead atoms. The summed E-state index contributed by atoms with van der Waals surface area (Å²) in [5.41, 5.74) is 3.82. The summed E-state index contributed by atoms with van der Waals surface area (Å²) in [5.74, 6) is 0.305. The van der Waals surface area contributed by atoms with Gasteiger partial charge < -0.3 is 9.64 Å². The van der Waals surface area contributed by atoms with E-state index in [1.165, 1.54) is 24.0 Å². The number of nitrogens with zero attached hydrogens (tertiary/aromatic N) is 1. The van der Waals surface area contributed by atoms with Crippen molar-refractivity contribution >= 4 is 15.7 Å². The van der Waals surface area contributed by atoms with Crippen molar-refractivity contribution in [2.75, 3.05) is 31.8 Å². The van der Waals surface area contributed by atoms with Crippen LogP contribution in [0, 0.1) is 0 Å². The van der Waals surface area contributed by atoms with Gasteiger partial charge in [-0.25, -0.2) is 8.42 Å². The van der Waals surface area contributed by atoms with E-state index >= 15 is 0 Å². The molecule has 5 nitrogen and oxygen atoms in total. The Morgan fingerprint density at radius 1 is 1.23 bits per heavy atom. The van der Waals surface area contributed by atoms with Crippen molar-refractivity contribution < 1.29 is 17.9 Å². The molecule has 0 radical (unpaired) electrons. The zero-order chi connectivity index (χ0) is 18.6. The van der Waals surface area contributed by atoms with Crippen molar-refractivity contribution in [2.24, 2.45) is 0 Å². The van der Waals surface area contributed by atoms with Crippen LogP contribution in [0.25, 0.3) is 0 Å². The molecule has 0 unspecified atom stereocenters. The van der Waals surface area contributed by atoms with Gasteiger partial charge in [-0.3, -0.25) is 4.79 Å². The number of hydrogen-bond acceptors (Lipinski definition) is 4. The van der Waals surface area contributed by atoms with Gasteiger partial charge in [0.1, 0.15) is 0 Å². The number of sulfone groups is 1. The smallest absolute Gasteiger partial charge is 0.227 e. The second kappa shape index (κ2) is 8.53. The van der Waals surface area contributed by atoms with Gasteiger partial charge in [0.15, 0.2) is 9.84 Å². The second-order valence-electron chi connectivity index (χ2n) is 7.48. The van der Waals surface area contributed by atoms with Crippen molar-refractivity contribution in [3.8, 4) is 0 Å². The van der Waals surface area contributed by atoms with Crippen LogP contribution in [0.4, 0.5) is 0 Å². The second-order valence-corrected chi connectivity index (χ2v) is 9.71. The molecule has 6 heteroatoms. The molecular weight excluding hydrogens is 350 g/mol. The number of aryl methyl sites for hydroxylation is 2. The minimum Gasteiger partial charge on any atom is -0.385 e. The molecule has 1 aliphatic heterocycles. The fourth-order valence-corrected chi connectivity index (χ4v) is 5.81. The summed E-state index contributed by atoms with van der Waals surface area (Å²) in [4.78, 5) is 14.7. The molecule has 144 valence electrons. The maximum absolute atomic E-state index is 13.0. The van der Waals surface area contributed by atoms with Crippen LogP contribution in [0.1, 0.15) is 42.4 Å². The standard InChI is InChI=1S/C20H29NO4S/c1-25-11-4-10-21(19-9-12-26(23,24)15-19)20(22)14-16-7-8-17-5-2-3-6-18(17)13-16/h7-8,13,19H,2-6,9-12,14-15H2,1H3/t19-/m1/s1. The van der Waals surface area contributed by atoms with Gasteiger partial charge in [-0.1, -0.05) is 18.2 Å². The molecule has 1 fully saturated rings. The normalized spacial score (nSPS) is 21.3. The van der Waals surface area contributed by atoms with Crippen LogP contribution in [0.5, 0.6) is 0 Å². The van der Waals surface area contributed by atoms with Crippen LogP contribution >= 0.6 is 0 Å². The first-order valence-corrected chi connectivity index (χ1v) is 11.4. The van der Waals surface area contributed by atoms with Crippen LogP contribution < -0.4 is 0 Å². The molecule has 1 heterocycles. The Hall–Kier alpha value is -1.40. The van der Waals surface area contributed by atoms with Crippen molar-refractivity contribution in [2.45, 2.75) is 51.0 Å². The van der Waals surface area contributed by atoms with Crippen LogP contribution in [0.15, 0.2) is 18.2 Å². The van der Waals surface area contributed by atoms with Gasteiger partial charge in [-0.05, 0) is 55.2 Å². The molecular formula is C20H29NO4S. The zero-order valence-corrected chi connectivity index (χ0v) is 16.4. The van der Waals surface area contributed by atoms with E-state index in [1.54, 1.807) is 12.0 Å². The monoisotopic (exact) mass is 379 g/mol. The van der Waals surface area contributed by atoms with Gasteiger partial charge in [0.05, 0.1) is 17.9 Å². The van der Waals surface area contributed by atoms with E-state index in [0.29, 0.717) is 26.0 Å². The maximum atomic E-state index is 13.0. The quantitative estimate of drug-likeness (QED) is 0.681. The lowest BCUT2D eigenvalue weighted by Gasteiger charge is -2.28. The Labute approximate surface area is 156 Å². The minimum atomic E-state index is -3.01. The Morgan fingerprint density at radius 2 is 2.00 bits per heavy atom. The molecule has 26 heavy (non-hydrogen) atoms. The number of amides is 1. The Bertz CT molecular complexity index is 744. The van der Waals surface area contributed by atoms with Crippen LogP contribution in [-0.2, 0) is 38.6 Å². The summed E-state index contributed by atoms with van der Waals surface area (Å²) in [7, 11) is -1.38. The number of methoxy groups -OCH3 is 1. The fourth-order valence-electron chi connectivity index (χ4n) is 4.08. The number of rotatable bonds is 7. The summed E-state index contributed by atoms with van der Waals surface area (Å²) < 4.78 is 28.8. The van der Waals surface area contributed by atoms with E-state index in [9.17, 15) is 13.2 Å². The van der Waals surface area contributed by atoms with E-state index in [2.05, 4.69) is 18.2 Å². The van der Waals surface area contributed by atoms with Crippen molar-refractivity contribution in [1.82, 2.24) is 4.90 Å². The molecule has 0 N–H and O–H groups in total. The molecule has 0 spiro atoms. The third kappa shape index (κ3) is 4.86. The fraction of sp³-hybridized carbons (Fsp3) is 0.650. The highest BCUT2D eigenvalue weighted by Crippen LogP contribution is 2.24. The van der Waals surface area contributed by atoms with Crippen molar-refractivity contribution in [1.29, 1.82) is 0 Å². The van der Waals surface area contributed by atoms with E-state index in [4.69, 9.17) is 4.74 Å². The maximum Gasteiger partial charge on any atom is 0.227 e. The summed E-state index contributed by atoms with van der Waals surface area (Å²) in [6.45, 7) is 1.12. The van der Waals surface area contributed by atoms with Gasteiger partial charge in [0.25, 0.3) is 0 Å². The average Bonchev–Trinajstić information content (AvgIpc) is 2.98. The number of ether oxygens (including phenoxy) is 1. The van der Waals surface area contributed by atoms with Gasteiger partial charge in [-0.15, -0.1) is 0 Å². The molecule has 1 saturated heterocycles. The topological polar surface area (TPSA) is 63.7 Å². The predicted molar refractivity (Wildman–Crippen MR) is 102 cm³/mol. The van der Waals surface area contributed by atoms with E-state index < -0.39 is 9.84 Å². The molecule has 1 aliphatic carbocycles. The lowest BCUT2D eigenvalue weighted by Crippen LogP contribution is -2.42. The Morgan fingerprint density at radius 3 is 2.69 bits per heavy atom. The van der Waals surface area contributed by atoms with Gasteiger partial charge in [-0.2, -0.15) is 0 Å². The number of benzene rings is 1. The van der Waals surface area contributed by atoms with Crippen LogP contribution in [-0.4, -0.2) is 57.0 Å². The number of fused-ring (bicyclic) bond motifs is 1. The highest BCUT2D eigenvalue weighted by atomic mass is 32.2. The molecule has 1 atom stereocenters. The summed E-state index contributed by atoms with van der Waals surface area (Å²) in [6, 6.07) is 6.19. The Kier molecular flexibility index (Phi) is 6.35. The van der Waals surface area contributed by atoms with Gasteiger partial charge in [0, 0.05) is 26.3 Å². The predicted octanol–water partition coefficient (Wildman–Crippen LogP) is 2.16. The van der Waals surface area contributed by atoms with E-state index in [1.807, 2.05) is 0 Å². The first-order chi connectivity index (χ1) is 12.5. The lowest BCUT2D eigenvalue weighted by molar-refractivity contribution is -0.132. The highest BCUT2D eigenvalue weighted by Gasteiger charge is 2.34. The van der Waals surface area contributed by atoms with Gasteiger partial charge >= 0.3 is 0 Å². The average molecular weight is 380 g/mol. The molecule has 3 rings (SSSR count). The molecule has 0 aromatic heterocycles. The molecule has 0 saturated carbocycles. The molecule has 2 aliphatic rings. The molecule has 1 amide bonds. The Balaban J connectivity index is 1.70. The first kappa shape index (κ1) is 19.4. The van der Waals surface area contributed by atoms with E-state index in [0.717, 1.165) is 24.8 Å². The van der Waals surface area contributed by atoms with Crippen LogP contribution in [0.3, 0.4) is 0 Å². The molecule has 1 aromatic rings. The van der Waals surface area contributed by atoms with Gasteiger partial charge in [0.2, 0.25) is 5.91 Å². The lowest BCUT2D eigenvalue weighted by atomic mass is 9.90. The first-order valence-electron chi connectivity index (χ1n) is 9.58. The van der Waals surface area contributed by atoms with Crippen molar-refractivity contribution in [3.63, 3.8) is 0 Å². The van der Waals surface area contributed by atoms with E-state index in [-0.39, 0.29) is 23.5 Å². The highest BCUT2D eigenvalue weighted by molar-refractivity contribution is 7.91. The van der Waals surface area contributed by atoms with Crippen LogP contribution in [0.2, 0.25) is 0 Å². The molecule has 1 aromatic carbocycles. The summed E-state index contributed by atoms with van der Waals surface area (Å²) >= 11 is 0. The summed E-state index contributed by atoms with van der Waals surface area (Å²) in [5, 5.41) is 0.